The highest BCUT2D eigenvalue weighted by atomic mass is 32.1. The van der Waals surface area contributed by atoms with Crippen LogP contribution in [0.2, 0.25) is 0 Å². The average molecular weight is 387 g/mol. The monoisotopic (exact) mass is 386 g/mol. The number of hydrogen-bond donors (Lipinski definition) is 2. The Hall–Kier alpha value is -2.34. The van der Waals surface area contributed by atoms with Gasteiger partial charge < -0.3 is 15.8 Å². The van der Waals surface area contributed by atoms with Gasteiger partial charge in [-0.25, -0.2) is 0 Å². The minimum Gasteiger partial charge on any atom is -0.497 e. The number of nitrogens with two attached hydrogens (primary N) is 1. The second-order valence-corrected chi connectivity index (χ2v) is 9.17. The van der Waals surface area contributed by atoms with Gasteiger partial charge in [-0.3, -0.25) is 9.59 Å². The van der Waals surface area contributed by atoms with Crippen LogP contribution in [0.15, 0.2) is 24.3 Å². The Morgan fingerprint density at radius 1 is 1.30 bits per heavy atom. The zero-order valence-corrected chi connectivity index (χ0v) is 17.0. The van der Waals surface area contributed by atoms with Crippen molar-refractivity contribution >= 4 is 28.2 Å². The zero-order valence-electron chi connectivity index (χ0n) is 16.2. The second-order valence-electron chi connectivity index (χ2n) is 8.06. The Balaban J connectivity index is 1.91. The zero-order chi connectivity index (χ0) is 19.8. The van der Waals surface area contributed by atoms with Crippen LogP contribution in [-0.4, -0.2) is 18.9 Å². The van der Waals surface area contributed by atoms with Gasteiger partial charge in [0.15, 0.2) is 0 Å². The fraction of sp³-hybridized carbons (Fsp3) is 0.429. The van der Waals surface area contributed by atoms with Crippen LogP contribution >= 0.6 is 11.3 Å². The van der Waals surface area contributed by atoms with E-state index in [9.17, 15) is 9.59 Å². The molecule has 5 nitrogen and oxygen atoms in total. The predicted octanol–water partition coefficient (Wildman–Crippen LogP) is 4.26. The molecule has 3 N–H and O–H groups in total. The molecule has 3 rings (SSSR count). The summed E-state index contributed by atoms with van der Waals surface area (Å²) in [5, 5.41) is 3.44. The van der Waals surface area contributed by atoms with Gasteiger partial charge in [-0.15, -0.1) is 11.3 Å². The van der Waals surface area contributed by atoms with Crippen LogP contribution in [0.1, 0.15) is 58.3 Å². The number of thiophene rings is 1. The molecule has 2 amide bonds. The largest absolute Gasteiger partial charge is 0.497 e. The van der Waals surface area contributed by atoms with Crippen molar-refractivity contribution in [2.24, 2.45) is 17.1 Å². The Bertz CT molecular complexity index is 880. The molecular weight excluding hydrogens is 360 g/mol. The molecular formula is C21H26N2O3S. The molecule has 0 unspecified atom stereocenters. The van der Waals surface area contributed by atoms with Gasteiger partial charge in [-0.05, 0) is 54.4 Å². The molecule has 0 bridgehead atoms. The summed E-state index contributed by atoms with van der Waals surface area (Å²) in [5.74, 6) is 0.396. The van der Waals surface area contributed by atoms with Crippen molar-refractivity contribution in [1.29, 1.82) is 0 Å². The van der Waals surface area contributed by atoms with Gasteiger partial charge in [0, 0.05) is 10.4 Å². The summed E-state index contributed by atoms with van der Waals surface area (Å²) < 4.78 is 5.18. The second kappa shape index (κ2) is 7.35. The van der Waals surface area contributed by atoms with E-state index >= 15 is 0 Å². The van der Waals surface area contributed by atoms with E-state index in [4.69, 9.17) is 10.5 Å². The van der Waals surface area contributed by atoms with E-state index in [1.165, 1.54) is 11.3 Å². The molecule has 1 aromatic heterocycles. The SMILES string of the molecule is COc1cccc(C(=O)Nc2sc3c(c2C(N)=O)CC[C@@H](C(C)(C)C)C3)c1. The summed E-state index contributed by atoms with van der Waals surface area (Å²) in [6, 6.07) is 6.92. The minimum absolute atomic E-state index is 0.207. The Morgan fingerprint density at radius 2 is 2.04 bits per heavy atom. The number of primary amides is 1. The van der Waals surface area contributed by atoms with Gasteiger partial charge in [0.1, 0.15) is 10.8 Å². The van der Waals surface area contributed by atoms with Crippen molar-refractivity contribution in [3.8, 4) is 5.75 Å². The van der Waals surface area contributed by atoms with E-state index in [1.807, 2.05) is 0 Å². The molecule has 0 fully saturated rings. The molecule has 1 aliphatic carbocycles. The maximum Gasteiger partial charge on any atom is 0.256 e. The van der Waals surface area contributed by atoms with Crippen LogP contribution in [0, 0.1) is 11.3 Å². The summed E-state index contributed by atoms with van der Waals surface area (Å²) in [6.45, 7) is 6.74. The Morgan fingerprint density at radius 3 is 2.67 bits per heavy atom. The smallest absolute Gasteiger partial charge is 0.256 e. The van der Waals surface area contributed by atoms with Crippen molar-refractivity contribution in [2.75, 3.05) is 12.4 Å². The lowest BCUT2D eigenvalue weighted by atomic mass is 9.72. The lowest BCUT2D eigenvalue weighted by molar-refractivity contribution is 0.1000. The number of hydrogen-bond acceptors (Lipinski definition) is 4. The molecule has 0 aliphatic heterocycles. The third-order valence-corrected chi connectivity index (χ3v) is 6.47. The number of anilines is 1. The van der Waals surface area contributed by atoms with Crippen molar-refractivity contribution in [2.45, 2.75) is 40.0 Å². The third-order valence-electron chi connectivity index (χ3n) is 5.30. The maximum atomic E-state index is 12.7. The van der Waals surface area contributed by atoms with Crippen LogP contribution in [0.3, 0.4) is 0 Å². The third kappa shape index (κ3) is 4.00. The molecule has 1 aromatic carbocycles. The van der Waals surface area contributed by atoms with Crippen LogP contribution < -0.4 is 15.8 Å². The van der Waals surface area contributed by atoms with Gasteiger partial charge in [0.05, 0.1) is 12.7 Å². The summed E-state index contributed by atoms with van der Waals surface area (Å²) in [7, 11) is 1.56. The highest BCUT2D eigenvalue weighted by Gasteiger charge is 2.33. The summed E-state index contributed by atoms with van der Waals surface area (Å²) in [5.41, 5.74) is 7.82. The van der Waals surface area contributed by atoms with Crippen molar-refractivity contribution in [3.05, 3.63) is 45.8 Å². The molecule has 27 heavy (non-hydrogen) atoms. The molecule has 6 heteroatoms. The minimum atomic E-state index is -0.484. The number of methoxy groups -OCH3 is 1. The maximum absolute atomic E-state index is 12.7. The topological polar surface area (TPSA) is 81.4 Å². The highest BCUT2D eigenvalue weighted by Crippen LogP contribution is 2.44. The van der Waals surface area contributed by atoms with Crippen LogP contribution in [0.5, 0.6) is 5.75 Å². The highest BCUT2D eigenvalue weighted by molar-refractivity contribution is 7.17. The molecule has 144 valence electrons. The first-order valence-corrected chi connectivity index (χ1v) is 9.92. The summed E-state index contributed by atoms with van der Waals surface area (Å²) >= 11 is 1.48. The molecule has 0 saturated heterocycles. The predicted molar refractivity (Wildman–Crippen MR) is 109 cm³/mol. The quantitative estimate of drug-likeness (QED) is 0.824. The number of carbonyl (C=O) groups is 2. The molecule has 1 atom stereocenters. The standard InChI is InChI=1S/C21H26N2O3S/c1-21(2,3)13-8-9-15-16(11-13)27-20(17(15)18(22)24)23-19(25)12-6-5-7-14(10-12)26-4/h5-7,10,13H,8-9,11H2,1-4H3,(H2,22,24)(H,23,25)/t13-/m1/s1. The number of benzene rings is 1. The van der Waals surface area contributed by atoms with E-state index in [-0.39, 0.29) is 11.3 Å². The molecule has 1 heterocycles. The molecule has 0 spiro atoms. The first-order valence-electron chi connectivity index (χ1n) is 9.10. The van der Waals surface area contributed by atoms with Crippen LogP contribution in [0.4, 0.5) is 5.00 Å². The van der Waals surface area contributed by atoms with Crippen LogP contribution in [0.25, 0.3) is 0 Å². The van der Waals surface area contributed by atoms with Gasteiger partial charge in [-0.1, -0.05) is 26.8 Å². The fourth-order valence-electron chi connectivity index (χ4n) is 3.61. The van der Waals surface area contributed by atoms with E-state index in [0.717, 1.165) is 29.7 Å². The number of ether oxygens (including phenoxy) is 1. The molecule has 1 aliphatic rings. The molecule has 0 radical (unpaired) electrons. The molecule has 0 saturated carbocycles. The van der Waals surface area contributed by atoms with Crippen LogP contribution in [-0.2, 0) is 12.8 Å². The van der Waals surface area contributed by atoms with Gasteiger partial charge in [0.2, 0.25) is 0 Å². The van der Waals surface area contributed by atoms with Gasteiger partial charge in [-0.2, -0.15) is 0 Å². The van der Waals surface area contributed by atoms with E-state index in [0.29, 0.717) is 27.8 Å². The normalized spacial score (nSPS) is 16.5. The summed E-state index contributed by atoms with van der Waals surface area (Å²) in [4.78, 5) is 26.0. The Kier molecular flexibility index (Phi) is 5.29. The Labute approximate surface area is 163 Å². The van der Waals surface area contributed by atoms with Gasteiger partial charge >= 0.3 is 0 Å². The fourth-order valence-corrected chi connectivity index (χ4v) is 4.94. The van der Waals surface area contributed by atoms with Crippen molar-refractivity contribution < 1.29 is 14.3 Å². The number of nitrogens with one attached hydrogen (secondary N) is 1. The summed E-state index contributed by atoms with van der Waals surface area (Å²) in [6.07, 6.45) is 2.76. The number of rotatable bonds is 4. The first-order chi connectivity index (χ1) is 12.7. The number of amides is 2. The van der Waals surface area contributed by atoms with Crippen molar-refractivity contribution in [1.82, 2.24) is 0 Å². The van der Waals surface area contributed by atoms with E-state index in [1.54, 1.807) is 31.4 Å². The lowest BCUT2D eigenvalue weighted by Crippen LogP contribution is -2.27. The molecule has 2 aromatic rings. The first kappa shape index (κ1) is 19.4. The lowest BCUT2D eigenvalue weighted by Gasteiger charge is -2.33. The van der Waals surface area contributed by atoms with Gasteiger partial charge in [0.25, 0.3) is 11.8 Å². The van der Waals surface area contributed by atoms with E-state index < -0.39 is 5.91 Å². The number of fused-ring (bicyclic) bond motifs is 1. The number of carbonyl (C=O) groups excluding carboxylic acids is 2. The van der Waals surface area contributed by atoms with E-state index in [2.05, 4.69) is 26.1 Å². The van der Waals surface area contributed by atoms with Crippen molar-refractivity contribution in [3.63, 3.8) is 0 Å². The average Bonchev–Trinajstić information content (AvgIpc) is 2.98.